The first-order valence-corrected chi connectivity index (χ1v) is 7.44. The van der Waals surface area contributed by atoms with Crippen LogP contribution in [0.4, 0.5) is 4.79 Å². The number of alkyl carbamates (subject to hydrolysis) is 1. The van der Waals surface area contributed by atoms with Crippen molar-refractivity contribution in [2.75, 3.05) is 6.61 Å². The molecule has 0 saturated carbocycles. The molecule has 1 rings (SSSR count). The molecule has 0 fully saturated rings. The van der Waals surface area contributed by atoms with Gasteiger partial charge in [-0.05, 0) is 33.1 Å². The molecule has 1 aromatic heterocycles. The van der Waals surface area contributed by atoms with Gasteiger partial charge in [-0.15, -0.1) is 10.2 Å². The van der Waals surface area contributed by atoms with Crippen molar-refractivity contribution in [2.24, 2.45) is 5.41 Å². The number of aromatic nitrogens is 2. The highest BCUT2D eigenvalue weighted by Crippen LogP contribution is 2.32. The van der Waals surface area contributed by atoms with Crippen LogP contribution in [-0.4, -0.2) is 34.5 Å². The Labute approximate surface area is 135 Å². The molecule has 1 heterocycles. The Morgan fingerprint density at radius 2 is 1.78 bits per heavy atom. The molecule has 1 N–H and O–H groups in total. The average Bonchev–Trinajstić information content (AvgIpc) is 2.81. The van der Waals surface area contributed by atoms with E-state index in [-0.39, 0.29) is 18.4 Å². The van der Waals surface area contributed by atoms with E-state index in [1.165, 1.54) is 0 Å². The summed E-state index contributed by atoms with van der Waals surface area (Å²) in [5.74, 6) is -0.829. The summed E-state index contributed by atoms with van der Waals surface area (Å²) in [4.78, 5) is 23.6. The standard InChI is InChI=1S/C15H25N3O5/c1-8-21-12(19)11-18-17-10(22-11)9(14(2,3)4)16-13(20)23-15(5,6)7/h9H,8H2,1-7H3,(H,16,20)/t9-/m1/s1. The van der Waals surface area contributed by atoms with Gasteiger partial charge in [0.05, 0.1) is 6.61 Å². The summed E-state index contributed by atoms with van der Waals surface area (Å²) >= 11 is 0. The van der Waals surface area contributed by atoms with Crippen LogP contribution in [0, 0.1) is 5.41 Å². The molecule has 0 spiro atoms. The molecule has 1 amide bonds. The predicted molar refractivity (Wildman–Crippen MR) is 81.8 cm³/mol. The number of esters is 1. The number of rotatable bonds is 4. The first kappa shape index (κ1) is 18.9. The zero-order valence-corrected chi connectivity index (χ0v) is 14.7. The lowest BCUT2D eigenvalue weighted by Crippen LogP contribution is -2.40. The number of nitrogens with zero attached hydrogens (tertiary/aromatic N) is 2. The first-order chi connectivity index (χ1) is 10.4. The Bertz CT molecular complexity index is 554. The van der Waals surface area contributed by atoms with Crippen molar-refractivity contribution in [1.29, 1.82) is 0 Å². The minimum atomic E-state index is -0.698. The molecule has 1 aromatic rings. The first-order valence-electron chi connectivity index (χ1n) is 7.44. The lowest BCUT2D eigenvalue weighted by molar-refractivity contribution is 0.0439. The van der Waals surface area contributed by atoms with Gasteiger partial charge in [0.2, 0.25) is 5.89 Å². The average molecular weight is 327 g/mol. The maximum atomic E-state index is 12.0. The van der Waals surface area contributed by atoms with Gasteiger partial charge in [-0.2, -0.15) is 0 Å². The fourth-order valence-corrected chi connectivity index (χ4v) is 1.70. The number of hydrogen-bond donors (Lipinski definition) is 1. The molecule has 8 nitrogen and oxygen atoms in total. The summed E-state index contributed by atoms with van der Waals surface area (Å²) in [6.07, 6.45) is -0.603. The molecule has 0 aliphatic rings. The van der Waals surface area contributed by atoms with E-state index in [0.717, 1.165) is 0 Å². The van der Waals surface area contributed by atoms with Gasteiger partial charge in [0.1, 0.15) is 11.6 Å². The van der Waals surface area contributed by atoms with Gasteiger partial charge < -0.3 is 19.2 Å². The maximum Gasteiger partial charge on any atom is 0.408 e. The molecule has 1 atom stereocenters. The number of ether oxygens (including phenoxy) is 2. The SMILES string of the molecule is CCOC(=O)c1nnc([C@@H](NC(=O)OC(C)(C)C)C(C)(C)C)o1. The van der Waals surface area contributed by atoms with Crippen LogP contribution in [0.1, 0.15) is 71.1 Å². The second-order valence-electron chi connectivity index (χ2n) is 7.11. The van der Waals surface area contributed by atoms with Crippen molar-refractivity contribution in [3.05, 3.63) is 11.8 Å². The summed E-state index contributed by atoms with van der Waals surface area (Å²) in [6, 6.07) is -0.618. The third kappa shape index (κ3) is 5.88. The highest BCUT2D eigenvalue weighted by atomic mass is 16.6. The smallest absolute Gasteiger partial charge is 0.408 e. The molecular weight excluding hydrogens is 302 g/mol. The molecular formula is C15H25N3O5. The lowest BCUT2D eigenvalue weighted by atomic mass is 9.87. The zero-order chi connectivity index (χ0) is 17.8. The third-order valence-electron chi connectivity index (χ3n) is 2.66. The lowest BCUT2D eigenvalue weighted by Gasteiger charge is -2.29. The summed E-state index contributed by atoms with van der Waals surface area (Å²) in [5.41, 5.74) is -1.06. The number of hydrogen-bond acceptors (Lipinski definition) is 7. The number of nitrogens with one attached hydrogen (secondary N) is 1. The van der Waals surface area contributed by atoms with E-state index >= 15 is 0 Å². The Balaban J connectivity index is 2.96. The molecule has 0 aromatic carbocycles. The van der Waals surface area contributed by atoms with Gasteiger partial charge >= 0.3 is 18.0 Å². The van der Waals surface area contributed by atoms with Crippen molar-refractivity contribution in [1.82, 2.24) is 15.5 Å². The van der Waals surface area contributed by atoms with Crippen molar-refractivity contribution in [3.63, 3.8) is 0 Å². The highest BCUT2D eigenvalue weighted by molar-refractivity contribution is 5.83. The van der Waals surface area contributed by atoms with Crippen molar-refractivity contribution in [2.45, 2.75) is 60.1 Å². The summed E-state index contributed by atoms with van der Waals surface area (Å²) in [5, 5.41) is 10.2. The summed E-state index contributed by atoms with van der Waals surface area (Å²) in [6.45, 7) is 12.9. The number of carbonyl (C=O) groups is 2. The van der Waals surface area contributed by atoms with E-state index in [4.69, 9.17) is 13.9 Å². The summed E-state index contributed by atoms with van der Waals surface area (Å²) in [7, 11) is 0. The normalized spacial score (nSPS) is 13.3. The van der Waals surface area contributed by atoms with Crippen molar-refractivity contribution in [3.8, 4) is 0 Å². The second-order valence-corrected chi connectivity index (χ2v) is 7.11. The molecule has 0 radical (unpaired) electrons. The van der Waals surface area contributed by atoms with Gasteiger partial charge in [-0.1, -0.05) is 20.8 Å². The molecule has 0 bridgehead atoms. The van der Waals surface area contributed by atoms with E-state index in [0.29, 0.717) is 0 Å². The molecule has 130 valence electrons. The van der Waals surface area contributed by atoms with Crippen LogP contribution < -0.4 is 5.32 Å². The molecule has 23 heavy (non-hydrogen) atoms. The Morgan fingerprint density at radius 1 is 1.17 bits per heavy atom. The van der Waals surface area contributed by atoms with Crippen LogP contribution in [0.5, 0.6) is 0 Å². The highest BCUT2D eigenvalue weighted by Gasteiger charge is 2.34. The van der Waals surface area contributed by atoms with Crippen LogP contribution in [0.15, 0.2) is 4.42 Å². The number of amides is 1. The maximum absolute atomic E-state index is 12.0. The van der Waals surface area contributed by atoms with E-state index in [1.54, 1.807) is 27.7 Å². The fourth-order valence-electron chi connectivity index (χ4n) is 1.70. The molecule has 0 aliphatic carbocycles. The van der Waals surface area contributed by atoms with E-state index in [2.05, 4.69) is 15.5 Å². The third-order valence-corrected chi connectivity index (χ3v) is 2.66. The van der Waals surface area contributed by atoms with E-state index in [1.807, 2.05) is 20.8 Å². The predicted octanol–water partition coefficient (Wildman–Crippen LogP) is 2.86. The van der Waals surface area contributed by atoms with Gasteiger partial charge in [-0.3, -0.25) is 0 Å². The number of carbonyl (C=O) groups excluding carboxylic acids is 2. The second kappa shape index (κ2) is 6.97. The minimum Gasteiger partial charge on any atom is -0.459 e. The van der Waals surface area contributed by atoms with Crippen LogP contribution in [0.2, 0.25) is 0 Å². The Kier molecular flexibility index (Phi) is 5.74. The van der Waals surface area contributed by atoms with Crippen LogP contribution >= 0.6 is 0 Å². The molecule has 0 unspecified atom stereocenters. The molecule has 8 heteroatoms. The van der Waals surface area contributed by atoms with E-state index < -0.39 is 29.1 Å². The van der Waals surface area contributed by atoms with Gasteiger partial charge in [-0.25, -0.2) is 9.59 Å². The largest absolute Gasteiger partial charge is 0.459 e. The Morgan fingerprint density at radius 3 is 2.26 bits per heavy atom. The van der Waals surface area contributed by atoms with E-state index in [9.17, 15) is 9.59 Å². The van der Waals surface area contributed by atoms with Crippen molar-refractivity contribution >= 4 is 12.1 Å². The Hall–Kier alpha value is -2.12. The van der Waals surface area contributed by atoms with Crippen LogP contribution in [0.3, 0.4) is 0 Å². The van der Waals surface area contributed by atoms with Gasteiger partial charge in [0.25, 0.3) is 0 Å². The topological polar surface area (TPSA) is 104 Å². The molecule has 0 saturated heterocycles. The van der Waals surface area contributed by atoms with Gasteiger partial charge in [0.15, 0.2) is 0 Å². The fraction of sp³-hybridized carbons (Fsp3) is 0.733. The van der Waals surface area contributed by atoms with Crippen molar-refractivity contribution < 1.29 is 23.5 Å². The van der Waals surface area contributed by atoms with Gasteiger partial charge in [0, 0.05) is 0 Å². The van der Waals surface area contributed by atoms with Crippen LogP contribution in [0.25, 0.3) is 0 Å². The zero-order valence-electron chi connectivity index (χ0n) is 14.7. The molecule has 0 aliphatic heterocycles. The minimum absolute atomic E-state index is 0.117. The summed E-state index contributed by atoms with van der Waals surface area (Å²) < 4.78 is 15.4. The quantitative estimate of drug-likeness (QED) is 0.848. The monoisotopic (exact) mass is 327 g/mol. The van der Waals surface area contributed by atoms with Crippen LogP contribution in [-0.2, 0) is 9.47 Å².